The standard InChI is InChI=1S/C12H19N3O/c1-3-5-11(13)12(16)15-9-7-14(6-4-2)8-10-15/h1,4,11H,2,5-10,13H2. The van der Waals surface area contributed by atoms with Gasteiger partial charge in [0.25, 0.3) is 0 Å². The van der Waals surface area contributed by atoms with Gasteiger partial charge in [0.1, 0.15) is 0 Å². The van der Waals surface area contributed by atoms with Crippen molar-refractivity contribution >= 4 is 5.91 Å². The van der Waals surface area contributed by atoms with Gasteiger partial charge in [0, 0.05) is 39.1 Å². The summed E-state index contributed by atoms with van der Waals surface area (Å²) in [5.41, 5.74) is 5.69. The van der Waals surface area contributed by atoms with Gasteiger partial charge in [-0.3, -0.25) is 9.69 Å². The number of nitrogens with two attached hydrogens (primary N) is 1. The zero-order valence-corrected chi connectivity index (χ0v) is 9.56. The fraction of sp³-hybridized carbons (Fsp3) is 0.583. The number of hydrogen-bond acceptors (Lipinski definition) is 3. The Kier molecular flexibility index (Phi) is 5.03. The van der Waals surface area contributed by atoms with Crippen molar-refractivity contribution in [3.63, 3.8) is 0 Å². The lowest BCUT2D eigenvalue weighted by Crippen LogP contribution is -2.53. The lowest BCUT2D eigenvalue weighted by atomic mass is 10.2. The van der Waals surface area contributed by atoms with Gasteiger partial charge in [-0.2, -0.15) is 0 Å². The third-order valence-electron chi connectivity index (χ3n) is 2.73. The monoisotopic (exact) mass is 221 g/mol. The van der Waals surface area contributed by atoms with Crippen LogP contribution >= 0.6 is 0 Å². The van der Waals surface area contributed by atoms with E-state index >= 15 is 0 Å². The van der Waals surface area contributed by atoms with Crippen LogP contribution < -0.4 is 5.73 Å². The molecular weight excluding hydrogens is 202 g/mol. The first kappa shape index (κ1) is 12.8. The highest BCUT2D eigenvalue weighted by molar-refractivity contribution is 5.82. The molecule has 1 unspecified atom stereocenters. The number of hydrogen-bond donors (Lipinski definition) is 1. The lowest BCUT2D eigenvalue weighted by Gasteiger charge is -2.35. The minimum absolute atomic E-state index is 0.0313. The molecule has 1 aliphatic rings. The van der Waals surface area contributed by atoms with Crippen LogP contribution in [0.15, 0.2) is 12.7 Å². The topological polar surface area (TPSA) is 49.6 Å². The first-order valence-electron chi connectivity index (χ1n) is 5.50. The highest BCUT2D eigenvalue weighted by Crippen LogP contribution is 2.04. The number of rotatable bonds is 4. The summed E-state index contributed by atoms with van der Waals surface area (Å²) < 4.78 is 0. The van der Waals surface area contributed by atoms with Gasteiger partial charge in [-0.15, -0.1) is 18.9 Å². The van der Waals surface area contributed by atoms with Crippen molar-refractivity contribution in [2.75, 3.05) is 32.7 Å². The van der Waals surface area contributed by atoms with Gasteiger partial charge in [-0.05, 0) is 0 Å². The first-order chi connectivity index (χ1) is 7.69. The molecule has 1 atom stereocenters. The van der Waals surface area contributed by atoms with Crippen LogP contribution in [0.4, 0.5) is 0 Å². The quantitative estimate of drug-likeness (QED) is 0.522. The predicted octanol–water partition coefficient (Wildman–Crippen LogP) is -0.333. The second kappa shape index (κ2) is 6.31. The summed E-state index contributed by atoms with van der Waals surface area (Å²) in [6, 6.07) is -0.545. The Balaban J connectivity index is 2.38. The average Bonchev–Trinajstić information content (AvgIpc) is 2.30. The second-order valence-electron chi connectivity index (χ2n) is 3.93. The maximum absolute atomic E-state index is 11.8. The van der Waals surface area contributed by atoms with E-state index in [0.717, 1.165) is 32.7 Å². The van der Waals surface area contributed by atoms with Gasteiger partial charge >= 0.3 is 0 Å². The van der Waals surface area contributed by atoms with Crippen LogP contribution in [0.5, 0.6) is 0 Å². The van der Waals surface area contributed by atoms with Crippen LogP contribution in [0.1, 0.15) is 6.42 Å². The second-order valence-corrected chi connectivity index (χ2v) is 3.93. The molecule has 1 heterocycles. The molecule has 0 aromatic rings. The predicted molar refractivity (Wildman–Crippen MR) is 64.6 cm³/mol. The van der Waals surface area contributed by atoms with E-state index in [1.165, 1.54) is 0 Å². The minimum Gasteiger partial charge on any atom is -0.339 e. The van der Waals surface area contributed by atoms with Crippen molar-refractivity contribution in [2.24, 2.45) is 5.73 Å². The summed E-state index contributed by atoms with van der Waals surface area (Å²) in [5.74, 6) is 2.39. The summed E-state index contributed by atoms with van der Waals surface area (Å²) in [5, 5.41) is 0. The van der Waals surface area contributed by atoms with E-state index < -0.39 is 6.04 Å². The highest BCUT2D eigenvalue weighted by atomic mass is 16.2. The van der Waals surface area contributed by atoms with Crippen LogP contribution in [0.25, 0.3) is 0 Å². The van der Waals surface area contributed by atoms with Gasteiger partial charge in [0.15, 0.2) is 0 Å². The lowest BCUT2D eigenvalue weighted by molar-refractivity contribution is -0.134. The normalized spacial score (nSPS) is 18.9. The van der Waals surface area contributed by atoms with Crippen LogP contribution in [0, 0.1) is 12.3 Å². The molecule has 0 saturated carbocycles. The Labute approximate surface area is 97.1 Å². The number of carbonyl (C=O) groups excluding carboxylic acids is 1. The van der Waals surface area contributed by atoms with E-state index in [1.54, 1.807) is 4.90 Å². The average molecular weight is 221 g/mol. The molecule has 0 aromatic carbocycles. The molecule has 1 aliphatic heterocycles. The molecule has 0 radical (unpaired) electrons. The van der Waals surface area contributed by atoms with E-state index in [9.17, 15) is 4.79 Å². The summed E-state index contributed by atoms with van der Waals surface area (Å²) in [6.45, 7) is 7.78. The van der Waals surface area contributed by atoms with Crippen LogP contribution in [0.3, 0.4) is 0 Å². The van der Waals surface area contributed by atoms with Crippen molar-refractivity contribution in [3.05, 3.63) is 12.7 Å². The first-order valence-corrected chi connectivity index (χ1v) is 5.50. The molecule has 4 heteroatoms. The smallest absolute Gasteiger partial charge is 0.240 e. The van der Waals surface area contributed by atoms with Crippen LogP contribution in [0.2, 0.25) is 0 Å². The van der Waals surface area contributed by atoms with Crippen molar-refractivity contribution < 1.29 is 4.79 Å². The molecule has 1 saturated heterocycles. The third kappa shape index (κ3) is 3.37. The maximum atomic E-state index is 11.8. The largest absolute Gasteiger partial charge is 0.339 e. The number of terminal acetylenes is 1. The zero-order valence-electron chi connectivity index (χ0n) is 9.56. The maximum Gasteiger partial charge on any atom is 0.240 e. The Morgan fingerprint density at radius 3 is 2.62 bits per heavy atom. The third-order valence-corrected chi connectivity index (χ3v) is 2.73. The van der Waals surface area contributed by atoms with Crippen molar-refractivity contribution in [1.82, 2.24) is 9.80 Å². The van der Waals surface area contributed by atoms with E-state index in [2.05, 4.69) is 17.4 Å². The summed E-state index contributed by atoms with van der Waals surface area (Å²) in [4.78, 5) is 15.9. The minimum atomic E-state index is -0.545. The fourth-order valence-corrected chi connectivity index (χ4v) is 1.78. The molecule has 1 amide bonds. The van der Waals surface area contributed by atoms with E-state index in [0.29, 0.717) is 6.42 Å². The molecule has 16 heavy (non-hydrogen) atoms. The van der Waals surface area contributed by atoms with Gasteiger partial charge < -0.3 is 10.6 Å². The van der Waals surface area contributed by atoms with Gasteiger partial charge in [0.05, 0.1) is 6.04 Å². The molecule has 88 valence electrons. The molecule has 2 N–H and O–H groups in total. The molecule has 4 nitrogen and oxygen atoms in total. The number of piperazine rings is 1. The van der Waals surface area contributed by atoms with E-state index in [4.69, 9.17) is 12.2 Å². The molecular formula is C12H19N3O. The van der Waals surface area contributed by atoms with Crippen LogP contribution in [-0.2, 0) is 4.79 Å². The fourth-order valence-electron chi connectivity index (χ4n) is 1.78. The summed E-state index contributed by atoms with van der Waals surface area (Å²) in [7, 11) is 0. The molecule has 0 aliphatic carbocycles. The van der Waals surface area contributed by atoms with E-state index in [1.807, 2.05) is 6.08 Å². The highest BCUT2D eigenvalue weighted by Gasteiger charge is 2.23. The summed E-state index contributed by atoms with van der Waals surface area (Å²) in [6.07, 6.45) is 7.33. The summed E-state index contributed by atoms with van der Waals surface area (Å²) >= 11 is 0. The Morgan fingerprint density at radius 1 is 1.50 bits per heavy atom. The zero-order chi connectivity index (χ0) is 12.0. The molecule has 0 bridgehead atoms. The van der Waals surface area contributed by atoms with Crippen molar-refractivity contribution in [3.8, 4) is 12.3 Å². The number of carbonyl (C=O) groups is 1. The number of nitrogens with zero attached hydrogens (tertiary/aromatic N) is 2. The van der Waals surface area contributed by atoms with Crippen molar-refractivity contribution in [2.45, 2.75) is 12.5 Å². The van der Waals surface area contributed by atoms with Crippen LogP contribution in [-0.4, -0.2) is 54.5 Å². The van der Waals surface area contributed by atoms with Gasteiger partial charge in [0.2, 0.25) is 5.91 Å². The number of amides is 1. The SMILES string of the molecule is C#CCC(N)C(=O)N1CCN(CC=C)CC1. The van der Waals surface area contributed by atoms with Crippen molar-refractivity contribution in [1.29, 1.82) is 0 Å². The Bertz CT molecular complexity index is 287. The molecule has 0 spiro atoms. The Hall–Kier alpha value is -1.31. The molecule has 1 rings (SSSR count). The van der Waals surface area contributed by atoms with Gasteiger partial charge in [-0.1, -0.05) is 6.08 Å². The Morgan fingerprint density at radius 2 is 2.12 bits per heavy atom. The van der Waals surface area contributed by atoms with Gasteiger partial charge in [-0.25, -0.2) is 0 Å². The molecule has 0 aromatic heterocycles. The van der Waals surface area contributed by atoms with E-state index in [-0.39, 0.29) is 5.91 Å². The molecule has 1 fully saturated rings.